The molecule has 0 fully saturated rings. The molecule has 0 spiro atoms. The number of hydrogen-bond acceptors (Lipinski definition) is 5. The van der Waals surface area contributed by atoms with E-state index >= 15 is 0 Å². The molecule has 1 rings (SSSR count). The molecule has 0 saturated carbocycles. The number of carbonyl (C=O) groups is 1. The van der Waals surface area contributed by atoms with Gasteiger partial charge in [0.15, 0.2) is 0 Å². The van der Waals surface area contributed by atoms with Crippen LogP contribution in [0, 0.1) is 5.92 Å². The Labute approximate surface area is 118 Å². The van der Waals surface area contributed by atoms with Gasteiger partial charge in [0.1, 0.15) is 6.04 Å². The van der Waals surface area contributed by atoms with Crippen molar-refractivity contribution >= 4 is 17.9 Å². The number of rotatable bonds is 9. The number of nitrogens with one attached hydrogen (secondary N) is 1. The van der Waals surface area contributed by atoms with Gasteiger partial charge in [0, 0.05) is 18.2 Å². The van der Waals surface area contributed by atoms with Crippen LogP contribution in [0.2, 0.25) is 0 Å². The largest absolute Gasteiger partial charge is 0.379 e. The minimum Gasteiger partial charge on any atom is -0.379 e. The molecule has 5 nitrogen and oxygen atoms in total. The first-order valence-corrected chi connectivity index (χ1v) is 7.39. The number of ether oxygens (including phenoxy) is 1. The van der Waals surface area contributed by atoms with Crippen LogP contribution in [-0.2, 0) is 9.53 Å². The lowest BCUT2D eigenvalue weighted by Crippen LogP contribution is -2.44. The molecule has 2 unspecified atom stereocenters. The molecule has 1 aliphatic rings. The molecule has 4 N–H and O–H groups in total. The van der Waals surface area contributed by atoms with Gasteiger partial charge < -0.3 is 20.3 Å². The minimum atomic E-state index is -0.634. The minimum absolute atomic E-state index is 0.206. The lowest BCUT2D eigenvalue weighted by Gasteiger charge is -2.16. The van der Waals surface area contributed by atoms with Crippen molar-refractivity contribution in [3.63, 3.8) is 0 Å². The Morgan fingerprint density at radius 1 is 1.58 bits per heavy atom. The van der Waals surface area contributed by atoms with Crippen LogP contribution < -0.4 is 11.1 Å². The monoisotopic (exact) mass is 286 g/mol. The Morgan fingerprint density at radius 2 is 2.42 bits per heavy atom. The second-order valence-corrected chi connectivity index (χ2v) is 5.10. The average molecular weight is 286 g/mol. The van der Waals surface area contributed by atoms with Crippen molar-refractivity contribution in [1.29, 1.82) is 0 Å². The van der Waals surface area contributed by atoms with E-state index in [2.05, 4.69) is 17.5 Å². The summed E-state index contributed by atoms with van der Waals surface area (Å²) in [4.78, 5) is 11.6. The summed E-state index contributed by atoms with van der Waals surface area (Å²) >= 11 is 0.772. The van der Waals surface area contributed by atoms with E-state index in [9.17, 15) is 4.79 Å². The van der Waals surface area contributed by atoms with E-state index in [0.29, 0.717) is 24.8 Å². The van der Waals surface area contributed by atoms with Gasteiger partial charge in [-0.3, -0.25) is 4.79 Å². The van der Waals surface area contributed by atoms with Gasteiger partial charge in [-0.1, -0.05) is 24.3 Å². The predicted octanol–water partition coefficient (Wildman–Crippen LogP) is 1.18. The first kappa shape index (κ1) is 16.2. The Bertz CT molecular complexity index is 321. The van der Waals surface area contributed by atoms with Crippen LogP contribution in [0.5, 0.6) is 0 Å². The average Bonchev–Trinajstić information content (AvgIpc) is 2.44. The van der Waals surface area contributed by atoms with Crippen LogP contribution in [0.25, 0.3) is 0 Å². The molecule has 0 aliphatic heterocycles. The Morgan fingerprint density at radius 3 is 3.11 bits per heavy atom. The fourth-order valence-electron chi connectivity index (χ4n) is 1.66. The summed E-state index contributed by atoms with van der Waals surface area (Å²) in [7, 11) is 0. The second-order valence-electron chi connectivity index (χ2n) is 4.43. The first-order valence-electron chi connectivity index (χ1n) is 6.44. The van der Waals surface area contributed by atoms with Crippen LogP contribution in [-0.4, -0.2) is 42.0 Å². The van der Waals surface area contributed by atoms with E-state index in [1.54, 1.807) is 0 Å². The topological polar surface area (TPSA) is 84.6 Å². The van der Waals surface area contributed by atoms with Crippen molar-refractivity contribution in [1.82, 2.24) is 5.32 Å². The van der Waals surface area contributed by atoms with Crippen LogP contribution in [0.3, 0.4) is 0 Å². The van der Waals surface area contributed by atoms with Gasteiger partial charge in [-0.05, 0) is 24.9 Å². The third kappa shape index (κ3) is 7.37. The van der Waals surface area contributed by atoms with Crippen molar-refractivity contribution in [2.75, 3.05) is 25.5 Å². The summed E-state index contributed by atoms with van der Waals surface area (Å²) in [5.74, 6) is 0.775. The molecule has 0 heterocycles. The van der Waals surface area contributed by atoms with E-state index < -0.39 is 6.04 Å². The molecule has 0 bridgehead atoms. The normalized spacial score (nSPS) is 19.4. The van der Waals surface area contributed by atoms with Crippen molar-refractivity contribution in [3.05, 3.63) is 24.3 Å². The zero-order valence-corrected chi connectivity index (χ0v) is 11.8. The Hall–Kier alpha value is -0.820. The highest BCUT2D eigenvalue weighted by Gasteiger charge is 2.14. The highest BCUT2D eigenvalue weighted by Crippen LogP contribution is 2.11. The van der Waals surface area contributed by atoms with Crippen LogP contribution in [0.1, 0.15) is 12.8 Å². The van der Waals surface area contributed by atoms with Gasteiger partial charge in [-0.25, -0.2) is 0 Å². The maximum atomic E-state index is 11.6. The van der Waals surface area contributed by atoms with Gasteiger partial charge in [0.2, 0.25) is 5.91 Å². The molecule has 108 valence electrons. The molecule has 0 aromatic carbocycles. The molecular formula is C13H22N2O3S. The van der Waals surface area contributed by atoms with Gasteiger partial charge in [0.05, 0.1) is 13.2 Å². The van der Waals surface area contributed by atoms with Crippen molar-refractivity contribution < 1.29 is 14.1 Å². The molecule has 6 heteroatoms. The summed E-state index contributed by atoms with van der Waals surface area (Å²) < 4.78 is 14.0. The molecule has 0 saturated heterocycles. The molecule has 2 atom stereocenters. The summed E-state index contributed by atoms with van der Waals surface area (Å²) in [6.07, 6.45) is 9.90. The van der Waals surface area contributed by atoms with Gasteiger partial charge in [0.25, 0.3) is 0 Å². The fourth-order valence-corrected chi connectivity index (χ4v) is 1.93. The third-order valence-corrected chi connectivity index (χ3v) is 3.22. The zero-order chi connectivity index (χ0) is 13.9. The summed E-state index contributed by atoms with van der Waals surface area (Å²) in [6.45, 7) is 1.34. The quantitative estimate of drug-likeness (QED) is 0.438. The first-order chi connectivity index (χ1) is 9.24. The second kappa shape index (κ2) is 10.0. The lowest BCUT2D eigenvalue weighted by molar-refractivity contribution is -0.123. The number of hydrogen-bond donors (Lipinski definition) is 3. The Balaban J connectivity index is 2.05. The standard InChI is InChI=1S/C13H22N2O3S/c14-12(13(16)15-7-4-8-19-17)10-18-9-11-5-2-1-3-6-11/h1-3,5,11-12,17H,4,6-10,14H2,(H,15,16). The van der Waals surface area contributed by atoms with E-state index in [0.717, 1.165) is 24.9 Å². The van der Waals surface area contributed by atoms with E-state index in [1.165, 1.54) is 0 Å². The molecule has 0 radical (unpaired) electrons. The van der Waals surface area contributed by atoms with Gasteiger partial charge >= 0.3 is 0 Å². The molecular weight excluding hydrogens is 264 g/mol. The lowest BCUT2D eigenvalue weighted by atomic mass is 10.0. The third-order valence-electron chi connectivity index (χ3n) is 2.75. The van der Waals surface area contributed by atoms with Crippen LogP contribution in [0.15, 0.2) is 24.3 Å². The smallest absolute Gasteiger partial charge is 0.239 e. The maximum Gasteiger partial charge on any atom is 0.239 e. The van der Waals surface area contributed by atoms with E-state index in [-0.39, 0.29) is 12.5 Å². The number of allylic oxidation sites excluding steroid dienone is 3. The highest BCUT2D eigenvalue weighted by molar-refractivity contribution is 7.93. The van der Waals surface area contributed by atoms with Crippen molar-refractivity contribution in [3.8, 4) is 0 Å². The number of nitrogens with two attached hydrogens (primary N) is 1. The van der Waals surface area contributed by atoms with E-state index in [1.807, 2.05) is 12.2 Å². The summed E-state index contributed by atoms with van der Waals surface area (Å²) in [6, 6.07) is -0.634. The molecule has 0 aromatic rings. The SMILES string of the molecule is NC(COCC1C=CC=CC1)C(=O)NCCCSO. The molecule has 1 amide bonds. The predicted molar refractivity (Wildman–Crippen MR) is 77.9 cm³/mol. The zero-order valence-electron chi connectivity index (χ0n) is 11.0. The summed E-state index contributed by atoms with van der Waals surface area (Å²) in [5, 5.41) is 2.71. The van der Waals surface area contributed by atoms with Crippen molar-refractivity contribution in [2.45, 2.75) is 18.9 Å². The molecule has 1 aliphatic carbocycles. The Kier molecular flexibility index (Phi) is 8.57. The van der Waals surface area contributed by atoms with Gasteiger partial charge in [-0.15, -0.1) is 0 Å². The molecule has 19 heavy (non-hydrogen) atoms. The summed E-state index contributed by atoms with van der Waals surface area (Å²) in [5.41, 5.74) is 5.72. The fraction of sp³-hybridized carbons (Fsp3) is 0.615. The van der Waals surface area contributed by atoms with Crippen molar-refractivity contribution in [2.24, 2.45) is 11.7 Å². The van der Waals surface area contributed by atoms with Gasteiger partial charge in [-0.2, -0.15) is 0 Å². The van der Waals surface area contributed by atoms with Crippen LogP contribution >= 0.6 is 12.0 Å². The maximum absolute atomic E-state index is 11.6. The van der Waals surface area contributed by atoms with Crippen LogP contribution in [0.4, 0.5) is 0 Å². The number of carbonyl (C=O) groups excluding carboxylic acids is 1. The van der Waals surface area contributed by atoms with E-state index in [4.69, 9.17) is 15.0 Å². The highest BCUT2D eigenvalue weighted by atomic mass is 32.2. The number of amides is 1. The molecule has 0 aromatic heterocycles.